The largest absolute Gasteiger partial charge is 0.352 e. The molecule has 0 aliphatic rings. The third kappa shape index (κ3) is 7.70. The highest BCUT2D eigenvalue weighted by atomic mass is 35.5. The molecule has 0 aliphatic carbocycles. The standard InChI is InChI=1S/C26H36ClN3O4S/c1-7-20(5)28-26(32)24(8-2)29(16-21-12-10-9-11-18(21)3)25(31)17-30(35(6,33)34)22-14-13-19(4)23(27)15-22/h9-15,20,24H,7-8,16-17H2,1-6H3,(H,28,32)/t20-,24-/m1/s1. The predicted octanol–water partition coefficient (Wildman–Crippen LogP) is 4.44. The summed E-state index contributed by atoms with van der Waals surface area (Å²) in [7, 11) is -3.81. The summed E-state index contributed by atoms with van der Waals surface area (Å²) in [6.45, 7) is 9.21. The van der Waals surface area contributed by atoms with Crippen LogP contribution in [-0.4, -0.2) is 50.0 Å². The molecular weight excluding hydrogens is 486 g/mol. The minimum atomic E-state index is -3.81. The number of amides is 2. The molecule has 2 amide bonds. The SMILES string of the molecule is CC[C@@H](C)NC(=O)[C@@H](CC)N(Cc1ccccc1C)C(=O)CN(c1ccc(C)c(Cl)c1)S(C)(=O)=O. The number of aryl methyl sites for hydroxylation is 2. The maximum Gasteiger partial charge on any atom is 0.244 e. The minimum absolute atomic E-state index is 0.0471. The maximum absolute atomic E-state index is 13.7. The normalized spacial score (nSPS) is 13.1. The van der Waals surface area contributed by atoms with Crippen LogP contribution in [-0.2, 0) is 26.2 Å². The predicted molar refractivity (Wildman–Crippen MR) is 142 cm³/mol. The van der Waals surface area contributed by atoms with Gasteiger partial charge in [-0.2, -0.15) is 0 Å². The molecule has 0 fully saturated rings. The summed E-state index contributed by atoms with van der Waals surface area (Å²) < 4.78 is 26.4. The van der Waals surface area contributed by atoms with Crippen LogP contribution in [0.4, 0.5) is 5.69 Å². The van der Waals surface area contributed by atoms with Crippen LogP contribution in [0.2, 0.25) is 5.02 Å². The zero-order chi connectivity index (χ0) is 26.3. The lowest BCUT2D eigenvalue weighted by molar-refractivity contribution is -0.140. The van der Waals surface area contributed by atoms with Crippen LogP contribution >= 0.6 is 11.6 Å². The van der Waals surface area contributed by atoms with Gasteiger partial charge in [-0.1, -0.05) is 55.8 Å². The Kier molecular flexibility index (Phi) is 10.2. The van der Waals surface area contributed by atoms with Crippen molar-refractivity contribution >= 4 is 39.1 Å². The molecule has 9 heteroatoms. The molecule has 35 heavy (non-hydrogen) atoms. The Hall–Kier alpha value is -2.58. The first-order valence-electron chi connectivity index (χ1n) is 11.8. The van der Waals surface area contributed by atoms with Crippen LogP contribution in [0.5, 0.6) is 0 Å². The number of benzene rings is 2. The first-order valence-corrected chi connectivity index (χ1v) is 14.0. The van der Waals surface area contributed by atoms with Gasteiger partial charge >= 0.3 is 0 Å². The van der Waals surface area contributed by atoms with E-state index in [0.717, 1.165) is 33.7 Å². The third-order valence-corrected chi connectivity index (χ3v) is 7.66. The molecule has 0 unspecified atom stereocenters. The van der Waals surface area contributed by atoms with E-state index in [1.54, 1.807) is 12.1 Å². The van der Waals surface area contributed by atoms with Crippen molar-refractivity contribution in [1.82, 2.24) is 10.2 Å². The molecule has 7 nitrogen and oxygen atoms in total. The molecule has 0 spiro atoms. The molecule has 0 radical (unpaired) electrons. The summed E-state index contributed by atoms with van der Waals surface area (Å²) in [6.07, 6.45) is 2.19. The molecule has 1 N–H and O–H groups in total. The number of carbonyl (C=O) groups excluding carboxylic acids is 2. The van der Waals surface area contributed by atoms with Crippen molar-refractivity contribution in [2.45, 2.75) is 66.1 Å². The molecule has 2 rings (SSSR count). The Morgan fingerprint density at radius 2 is 1.69 bits per heavy atom. The van der Waals surface area contributed by atoms with Crippen molar-refractivity contribution in [3.05, 3.63) is 64.2 Å². The van der Waals surface area contributed by atoms with Crippen LogP contribution in [0.3, 0.4) is 0 Å². The van der Waals surface area contributed by atoms with Gasteiger partial charge in [-0.15, -0.1) is 0 Å². The summed E-state index contributed by atoms with van der Waals surface area (Å²) in [5.74, 6) is -0.727. The van der Waals surface area contributed by atoms with Crippen LogP contribution in [0.25, 0.3) is 0 Å². The molecule has 0 saturated heterocycles. The topological polar surface area (TPSA) is 86.8 Å². The molecule has 2 atom stereocenters. The number of hydrogen-bond acceptors (Lipinski definition) is 4. The van der Waals surface area contributed by atoms with Crippen LogP contribution < -0.4 is 9.62 Å². The number of carbonyl (C=O) groups is 2. The van der Waals surface area contributed by atoms with E-state index >= 15 is 0 Å². The summed E-state index contributed by atoms with van der Waals surface area (Å²) in [5.41, 5.74) is 2.96. The number of nitrogens with one attached hydrogen (secondary N) is 1. The maximum atomic E-state index is 13.7. The fourth-order valence-corrected chi connectivity index (χ4v) is 4.70. The smallest absolute Gasteiger partial charge is 0.244 e. The lowest BCUT2D eigenvalue weighted by atomic mass is 10.1. The number of sulfonamides is 1. The Morgan fingerprint density at radius 1 is 1.03 bits per heavy atom. The van der Waals surface area contributed by atoms with Crippen molar-refractivity contribution in [1.29, 1.82) is 0 Å². The summed E-state index contributed by atoms with van der Waals surface area (Å²) in [4.78, 5) is 28.3. The van der Waals surface area contributed by atoms with Gasteiger partial charge in [0.2, 0.25) is 21.8 Å². The fraction of sp³-hybridized carbons (Fsp3) is 0.462. The summed E-state index contributed by atoms with van der Waals surface area (Å²) in [6, 6.07) is 11.7. The average molecular weight is 522 g/mol. The highest BCUT2D eigenvalue weighted by Gasteiger charge is 2.32. The molecule has 0 aromatic heterocycles. The van der Waals surface area contributed by atoms with Gasteiger partial charge in [-0.25, -0.2) is 8.42 Å². The quantitative estimate of drug-likeness (QED) is 0.473. The fourth-order valence-electron chi connectivity index (χ4n) is 3.68. The van der Waals surface area contributed by atoms with Crippen molar-refractivity contribution in [2.24, 2.45) is 0 Å². The van der Waals surface area contributed by atoms with E-state index in [1.165, 1.54) is 11.0 Å². The lowest BCUT2D eigenvalue weighted by Crippen LogP contribution is -2.53. The Balaban J connectivity index is 2.47. The number of halogens is 1. The molecule has 0 aliphatic heterocycles. The zero-order valence-corrected chi connectivity index (χ0v) is 22.9. The molecule has 0 saturated carbocycles. The van der Waals surface area contributed by atoms with E-state index in [1.807, 2.05) is 58.9 Å². The zero-order valence-electron chi connectivity index (χ0n) is 21.3. The monoisotopic (exact) mass is 521 g/mol. The first-order chi connectivity index (χ1) is 16.4. The lowest BCUT2D eigenvalue weighted by Gasteiger charge is -2.33. The van der Waals surface area contributed by atoms with Crippen molar-refractivity contribution in [2.75, 3.05) is 17.1 Å². The van der Waals surface area contributed by atoms with E-state index in [9.17, 15) is 18.0 Å². The van der Waals surface area contributed by atoms with Crippen LogP contribution in [0.1, 0.15) is 50.3 Å². The number of anilines is 1. The second kappa shape index (κ2) is 12.4. The van der Waals surface area contributed by atoms with Gasteiger partial charge in [-0.05, 0) is 62.4 Å². The Labute approximate surface area is 214 Å². The molecule has 2 aromatic carbocycles. The number of hydrogen-bond donors (Lipinski definition) is 1. The van der Waals surface area contributed by atoms with E-state index < -0.39 is 28.5 Å². The van der Waals surface area contributed by atoms with Crippen LogP contribution in [0.15, 0.2) is 42.5 Å². The van der Waals surface area contributed by atoms with Gasteiger partial charge in [0.15, 0.2) is 0 Å². The molecular formula is C26H36ClN3O4S. The van der Waals surface area contributed by atoms with E-state index in [4.69, 9.17) is 11.6 Å². The van der Waals surface area contributed by atoms with Crippen molar-refractivity contribution in [3.63, 3.8) is 0 Å². The van der Waals surface area contributed by atoms with E-state index in [-0.39, 0.29) is 18.5 Å². The second-order valence-corrected chi connectivity index (χ2v) is 11.2. The van der Waals surface area contributed by atoms with Crippen molar-refractivity contribution < 1.29 is 18.0 Å². The van der Waals surface area contributed by atoms with Crippen molar-refractivity contribution in [3.8, 4) is 0 Å². The Morgan fingerprint density at radius 3 is 2.23 bits per heavy atom. The van der Waals surface area contributed by atoms with Gasteiger partial charge in [0.1, 0.15) is 12.6 Å². The molecule has 0 heterocycles. The third-order valence-electron chi connectivity index (χ3n) is 6.11. The van der Waals surface area contributed by atoms with Gasteiger partial charge in [0.25, 0.3) is 0 Å². The van der Waals surface area contributed by atoms with Gasteiger partial charge in [0.05, 0.1) is 11.9 Å². The van der Waals surface area contributed by atoms with E-state index in [0.29, 0.717) is 17.1 Å². The van der Waals surface area contributed by atoms with Gasteiger partial charge in [0, 0.05) is 17.6 Å². The number of rotatable bonds is 11. The Bertz CT molecular complexity index is 1150. The minimum Gasteiger partial charge on any atom is -0.352 e. The number of nitrogens with zero attached hydrogens (tertiary/aromatic N) is 2. The van der Waals surface area contributed by atoms with Gasteiger partial charge < -0.3 is 10.2 Å². The summed E-state index contributed by atoms with van der Waals surface area (Å²) >= 11 is 6.24. The van der Waals surface area contributed by atoms with Crippen LogP contribution in [0, 0.1) is 13.8 Å². The molecule has 192 valence electrons. The average Bonchev–Trinajstić information content (AvgIpc) is 2.79. The first kappa shape index (κ1) is 28.7. The highest BCUT2D eigenvalue weighted by molar-refractivity contribution is 7.92. The summed E-state index contributed by atoms with van der Waals surface area (Å²) in [5, 5.41) is 3.37. The second-order valence-electron chi connectivity index (χ2n) is 8.89. The van der Waals surface area contributed by atoms with E-state index in [2.05, 4.69) is 5.32 Å². The van der Waals surface area contributed by atoms with Gasteiger partial charge in [-0.3, -0.25) is 13.9 Å². The highest BCUT2D eigenvalue weighted by Crippen LogP contribution is 2.25. The molecule has 0 bridgehead atoms. The molecule has 2 aromatic rings.